The number of esters is 2. The lowest BCUT2D eigenvalue weighted by Crippen LogP contribution is -2.47. The van der Waals surface area contributed by atoms with Crippen LogP contribution in [0.5, 0.6) is 5.75 Å². The molecule has 162 valence electrons. The molecule has 1 saturated heterocycles. The lowest BCUT2D eigenvalue weighted by Gasteiger charge is -2.34. The van der Waals surface area contributed by atoms with Crippen LogP contribution in [-0.2, 0) is 9.47 Å². The van der Waals surface area contributed by atoms with Crippen molar-refractivity contribution in [3.63, 3.8) is 0 Å². The van der Waals surface area contributed by atoms with Gasteiger partial charge in [0, 0.05) is 38.1 Å². The molecular formula is C21H27N3O5S. The van der Waals surface area contributed by atoms with Crippen LogP contribution in [0.4, 0.5) is 5.13 Å². The second kappa shape index (κ2) is 10.9. The molecule has 8 nitrogen and oxygen atoms in total. The Morgan fingerprint density at radius 3 is 2.33 bits per heavy atom. The molecule has 0 amide bonds. The van der Waals surface area contributed by atoms with Gasteiger partial charge in [0.25, 0.3) is 0 Å². The number of carbonyl (C=O) groups is 2. The van der Waals surface area contributed by atoms with Crippen molar-refractivity contribution >= 4 is 28.4 Å². The lowest BCUT2D eigenvalue weighted by molar-refractivity contribution is 0.0513. The monoisotopic (exact) mass is 433 g/mol. The maximum Gasteiger partial charge on any atom is 0.357 e. The number of aromatic nitrogens is 1. The molecule has 1 aromatic carbocycles. The summed E-state index contributed by atoms with van der Waals surface area (Å²) in [6.45, 7) is 9.18. The SMILES string of the molecule is CCOC(=O)c1ccc(OCCN2CCN(c3nc(C(=O)OCC)cs3)CC2)cc1. The van der Waals surface area contributed by atoms with Gasteiger partial charge in [-0.25, -0.2) is 14.6 Å². The maximum atomic E-state index is 11.8. The topological polar surface area (TPSA) is 81.2 Å². The Labute approximate surface area is 180 Å². The molecule has 0 spiro atoms. The van der Waals surface area contributed by atoms with E-state index < -0.39 is 0 Å². The molecule has 0 N–H and O–H groups in total. The third-order valence-corrected chi connectivity index (χ3v) is 5.56. The van der Waals surface area contributed by atoms with Crippen LogP contribution in [-0.4, -0.2) is 74.4 Å². The van der Waals surface area contributed by atoms with Crippen LogP contribution in [0, 0.1) is 0 Å². The highest BCUT2D eigenvalue weighted by atomic mass is 32.1. The van der Waals surface area contributed by atoms with Crippen molar-refractivity contribution in [3.05, 3.63) is 40.9 Å². The van der Waals surface area contributed by atoms with Gasteiger partial charge < -0.3 is 19.1 Å². The maximum absolute atomic E-state index is 11.8. The molecule has 0 unspecified atom stereocenters. The molecule has 1 aliphatic rings. The number of thiazole rings is 1. The van der Waals surface area contributed by atoms with E-state index in [1.807, 2.05) is 0 Å². The van der Waals surface area contributed by atoms with E-state index in [4.69, 9.17) is 14.2 Å². The van der Waals surface area contributed by atoms with Crippen LogP contribution < -0.4 is 9.64 Å². The van der Waals surface area contributed by atoms with Gasteiger partial charge in [0.1, 0.15) is 12.4 Å². The molecule has 0 aliphatic carbocycles. The number of carbonyl (C=O) groups excluding carboxylic acids is 2. The van der Waals surface area contributed by atoms with E-state index in [1.165, 1.54) is 11.3 Å². The number of hydrogen-bond acceptors (Lipinski definition) is 9. The van der Waals surface area contributed by atoms with Crippen LogP contribution in [0.25, 0.3) is 0 Å². The standard InChI is InChI=1S/C21H27N3O5S/c1-3-27-19(25)16-5-7-17(8-6-16)29-14-13-23-9-11-24(12-10-23)21-22-18(15-30-21)20(26)28-4-2/h5-8,15H,3-4,9-14H2,1-2H3. The van der Waals surface area contributed by atoms with Gasteiger partial charge in [0.05, 0.1) is 18.8 Å². The summed E-state index contributed by atoms with van der Waals surface area (Å²) in [5.41, 5.74) is 0.898. The molecule has 9 heteroatoms. The first kappa shape index (κ1) is 22.0. The van der Waals surface area contributed by atoms with Gasteiger partial charge in [-0.2, -0.15) is 0 Å². The zero-order valence-electron chi connectivity index (χ0n) is 17.3. The molecule has 1 aliphatic heterocycles. The summed E-state index contributed by atoms with van der Waals surface area (Å²) in [5.74, 6) is 0.0403. The molecule has 0 atom stereocenters. The third kappa shape index (κ3) is 5.93. The highest BCUT2D eigenvalue weighted by Gasteiger charge is 2.21. The fourth-order valence-electron chi connectivity index (χ4n) is 3.07. The number of hydrogen-bond donors (Lipinski definition) is 0. The largest absolute Gasteiger partial charge is 0.492 e. The Bertz CT molecular complexity index is 831. The molecule has 0 radical (unpaired) electrons. The van der Waals surface area contributed by atoms with Gasteiger partial charge >= 0.3 is 11.9 Å². The smallest absolute Gasteiger partial charge is 0.357 e. The molecule has 30 heavy (non-hydrogen) atoms. The fourth-order valence-corrected chi connectivity index (χ4v) is 3.91. The fraction of sp³-hybridized carbons (Fsp3) is 0.476. The summed E-state index contributed by atoms with van der Waals surface area (Å²) in [6.07, 6.45) is 0. The summed E-state index contributed by atoms with van der Waals surface area (Å²) >= 11 is 1.47. The Morgan fingerprint density at radius 1 is 1.00 bits per heavy atom. The first-order chi connectivity index (χ1) is 14.6. The van der Waals surface area contributed by atoms with E-state index in [9.17, 15) is 9.59 Å². The van der Waals surface area contributed by atoms with Crippen molar-refractivity contribution in [2.24, 2.45) is 0 Å². The second-order valence-corrected chi connectivity index (χ2v) is 7.49. The molecule has 0 bridgehead atoms. The summed E-state index contributed by atoms with van der Waals surface area (Å²) in [5, 5.41) is 2.61. The van der Waals surface area contributed by atoms with E-state index >= 15 is 0 Å². The van der Waals surface area contributed by atoms with Crippen molar-refractivity contribution in [1.82, 2.24) is 9.88 Å². The van der Waals surface area contributed by atoms with Gasteiger partial charge in [0.15, 0.2) is 10.8 Å². The van der Waals surface area contributed by atoms with Crippen LogP contribution in [0.1, 0.15) is 34.7 Å². The van der Waals surface area contributed by atoms with Gasteiger partial charge in [-0.15, -0.1) is 11.3 Å². The van der Waals surface area contributed by atoms with Crippen molar-refractivity contribution < 1.29 is 23.8 Å². The van der Waals surface area contributed by atoms with Crippen LogP contribution >= 0.6 is 11.3 Å². The summed E-state index contributed by atoms with van der Waals surface area (Å²) in [4.78, 5) is 32.4. The Balaban J connectivity index is 1.39. The van der Waals surface area contributed by atoms with Crippen molar-refractivity contribution in [3.8, 4) is 5.75 Å². The minimum absolute atomic E-state index is 0.323. The minimum atomic E-state index is -0.369. The highest BCUT2D eigenvalue weighted by Crippen LogP contribution is 2.22. The molecule has 3 rings (SSSR count). The van der Waals surface area contributed by atoms with Crippen molar-refractivity contribution in [2.75, 3.05) is 57.4 Å². The highest BCUT2D eigenvalue weighted by molar-refractivity contribution is 7.13. The molecule has 2 heterocycles. The molecule has 0 saturated carbocycles. The van der Waals surface area contributed by atoms with Crippen LogP contribution in [0.3, 0.4) is 0 Å². The number of anilines is 1. The number of benzene rings is 1. The van der Waals surface area contributed by atoms with E-state index in [2.05, 4.69) is 14.8 Å². The predicted molar refractivity (Wildman–Crippen MR) is 115 cm³/mol. The third-order valence-electron chi connectivity index (χ3n) is 4.66. The number of piperazine rings is 1. The Hall–Kier alpha value is -2.65. The average Bonchev–Trinajstić information content (AvgIpc) is 3.26. The normalized spacial score (nSPS) is 14.4. The Kier molecular flexibility index (Phi) is 8.04. The zero-order valence-corrected chi connectivity index (χ0v) is 18.2. The predicted octanol–water partition coefficient (Wildman–Crippen LogP) is 2.70. The van der Waals surface area contributed by atoms with E-state index in [0.717, 1.165) is 43.6 Å². The molecule has 1 fully saturated rings. The zero-order chi connectivity index (χ0) is 21.3. The second-order valence-electron chi connectivity index (χ2n) is 6.66. The van der Waals surface area contributed by atoms with Crippen LogP contribution in [0.15, 0.2) is 29.6 Å². The minimum Gasteiger partial charge on any atom is -0.492 e. The van der Waals surface area contributed by atoms with Crippen LogP contribution in [0.2, 0.25) is 0 Å². The summed E-state index contributed by atoms with van der Waals surface area (Å²) in [7, 11) is 0. The van der Waals surface area contributed by atoms with Crippen molar-refractivity contribution in [2.45, 2.75) is 13.8 Å². The quantitative estimate of drug-likeness (QED) is 0.559. The van der Waals surface area contributed by atoms with E-state index in [1.54, 1.807) is 43.5 Å². The summed E-state index contributed by atoms with van der Waals surface area (Å²) in [6, 6.07) is 7.00. The molecule has 1 aromatic heterocycles. The first-order valence-electron chi connectivity index (χ1n) is 10.1. The number of nitrogens with zero attached hydrogens (tertiary/aromatic N) is 3. The van der Waals surface area contributed by atoms with Gasteiger partial charge in [-0.05, 0) is 38.1 Å². The molecular weight excluding hydrogens is 406 g/mol. The number of ether oxygens (including phenoxy) is 3. The lowest BCUT2D eigenvalue weighted by atomic mass is 10.2. The van der Waals surface area contributed by atoms with E-state index in [0.29, 0.717) is 31.1 Å². The molecule has 2 aromatic rings. The van der Waals surface area contributed by atoms with Gasteiger partial charge in [-0.1, -0.05) is 0 Å². The number of rotatable bonds is 9. The van der Waals surface area contributed by atoms with Gasteiger partial charge in [-0.3, -0.25) is 4.90 Å². The average molecular weight is 434 g/mol. The van der Waals surface area contributed by atoms with Gasteiger partial charge in [0.2, 0.25) is 0 Å². The van der Waals surface area contributed by atoms with Crippen molar-refractivity contribution in [1.29, 1.82) is 0 Å². The first-order valence-corrected chi connectivity index (χ1v) is 11.0. The Morgan fingerprint density at radius 2 is 1.67 bits per heavy atom. The summed E-state index contributed by atoms with van der Waals surface area (Å²) < 4.78 is 15.8. The van der Waals surface area contributed by atoms with E-state index in [-0.39, 0.29) is 11.9 Å².